The van der Waals surface area contributed by atoms with Gasteiger partial charge in [-0.25, -0.2) is 4.39 Å². The molecule has 0 saturated heterocycles. The molecule has 5 nitrogen and oxygen atoms in total. The van der Waals surface area contributed by atoms with Gasteiger partial charge in [-0.1, -0.05) is 28.9 Å². The minimum absolute atomic E-state index is 0.0106. The Balaban J connectivity index is 2.21. The van der Waals surface area contributed by atoms with E-state index in [2.05, 4.69) is 10.1 Å². The van der Waals surface area contributed by atoms with E-state index < -0.39 is 5.82 Å². The summed E-state index contributed by atoms with van der Waals surface area (Å²) in [4.78, 5) is 3.99. The molecular weight excluding hydrogens is 285 g/mol. The summed E-state index contributed by atoms with van der Waals surface area (Å²) >= 11 is 5.66. The number of oxime groups is 1. The molecule has 2 rings (SSSR count). The SMILES string of the molecule is N/C(=N/O)c1ncccc1COc1cccc(Cl)c1F. The van der Waals surface area contributed by atoms with Crippen LogP contribution in [0, 0.1) is 5.82 Å². The van der Waals surface area contributed by atoms with Crippen LogP contribution in [-0.4, -0.2) is 16.0 Å². The second-order valence-corrected chi connectivity index (χ2v) is 4.24. The number of hydrogen-bond donors (Lipinski definition) is 2. The Labute approximate surface area is 119 Å². The summed E-state index contributed by atoms with van der Waals surface area (Å²) in [5.74, 6) is -0.758. The second-order valence-electron chi connectivity index (χ2n) is 3.84. The molecule has 0 amide bonds. The van der Waals surface area contributed by atoms with Crippen molar-refractivity contribution < 1.29 is 14.3 Å². The Kier molecular flexibility index (Phi) is 4.37. The third-order valence-electron chi connectivity index (χ3n) is 2.54. The fourth-order valence-electron chi connectivity index (χ4n) is 1.58. The maximum Gasteiger partial charge on any atom is 0.189 e. The normalized spacial score (nSPS) is 11.4. The van der Waals surface area contributed by atoms with Crippen molar-refractivity contribution in [2.75, 3.05) is 0 Å². The van der Waals surface area contributed by atoms with Crippen molar-refractivity contribution in [2.45, 2.75) is 6.61 Å². The van der Waals surface area contributed by atoms with E-state index in [1.165, 1.54) is 18.3 Å². The Morgan fingerprint density at radius 1 is 1.40 bits per heavy atom. The van der Waals surface area contributed by atoms with Crippen molar-refractivity contribution in [1.82, 2.24) is 4.98 Å². The average molecular weight is 296 g/mol. The van der Waals surface area contributed by atoms with E-state index in [4.69, 9.17) is 27.3 Å². The van der Waals surface area contributed by atoms with Gasteiger partial charge in [-0.2, -0.15) is 0 Å². The molecule has 0 saturated carbocycles. The lowest BCUT2D eigenvalue weighted by molar-refractivity contribution is 0.289. The van der Waals surface area contributed by atoms with Crippen molar-refractivity contribution in [1.29, 1.82) is 0 Å². The van der Waals surface area contributed by atoms with E-state index in [0.717, 1.165) is 0 Å². The van der Waals surface area contributed by atoms with Crippen LogP contribution in [0.3, 0.4) is 0 Å². The molecular formula is C13H11ClFN3O2. The molecule has 0 aliphatic heterocycles. The van der Waals surface area contributed by atoms with Gasteiger partial charge in [0.15, 0.2) is 17.4 Å². The number of rotatable bonds is 4. The molecule has 0 aliphatic rings. The minimum Gasteiger partial charge on any atom is -0.486 e. The van der Waals surface area contributed by atoms with Crippen molar-refractivity contribution in [3.8, 4) is 5.75 Å². The lowest BCUT2D eigenvalue weighted by Gasteiger charge is -2.10. The molecule has 2 aromatic rings. The van der Waals surface area contributed by atoms with Gasteiger partial charge in [0.2, 0.25) is 0 Å². The van der Waals surface area contributed by atoms with Crippen LogP contribution in [0.25, 0.3) is 0 Å². The molecule has 0 radical (unpaired) electrons. The van der Waals surface area contributed by atoms with Crippen LogP contribution in [0.15, 0.2) is 41.7 Å². The number of ether oxygens (including phenoxy) is 1. The molecule has 0 bridgehead atoms. The molecule has 3 N–H and O–H groups in total. The number of amidine groups is 1. The van der Waals surface area contributed by atoms with Crippen LogP contribution in [0.5, 0.6) is 5.75 Å². The zero-order valence-corrected chi connectivity index (χ0v) is 11.0. The second kappa shape index (κ2) is 6.21. The molecule has 1 aromatic heterocycles. The molecule has 0 spiro atoms. The third-order valence-corrected chi connectivity index (χ3v) is 2.83. The monoisotopic (exact) mass is 295 g/mol. The van der Waals surface area contributed by atoms with Gasteiger partial charge in [0.25, 0.3) is 0 Å². The summed E-state index contributed by atoms with van der Waals surface area (Å²) in [5, 5.41) is 11.5. The van der Waals surface area contributed by atoms with Crippen LogP contribution >= 0.6 is 11.6 Å². The zero-order chi connectivity index (χ0) is 14.5. The fourth-order valence-corrected chi connectivity index (χ4v) is 1.75. The van der Waals surface area contributed by atoms with E-state index in [9.17, 15) is 4.39 Å². The molecule has 1 heterocycles. The third kappa shape index (κ3) is 2.97. The number of nitrogens with two attached hydrogens (primary N) is 1. The van der Waals surface area contributed by atoms with Crippen LogP contribution in [-0.2, 0) is 6.61 Å². The first-order valence-corrected chi connectivity index (χ1v) is 6.00. The van der Waals surface area contributed by atoms with Gasteiger partial charge in [-0.05, 0) is 18.2 Å². The lowest BCUT2D eigenvalue weighted by Crippen LogP contribution is -2.18. The highest BCUT2D eigenvalue weighted by atomic mass is 35.5. The molecule has 0 aliphatic carbocycles. The van der Waals surface area contributed by atoms with E-state index in [1.54, 1.807) is 18.2 Å². The number of nitrogens with zero attached hydrogens (tertiary/aromatic N) is 2. The smallest absolute Gasteiger partial charge is 0.189 e. The maximum absolute atomic E-state index is 13.7. The topological polar surface area (TPSA) is 80.7 Å². The Hall–Kier alpha value is -2.34. The Bertz CT molecular complexity index is 649. The largest absolute Gasteiger partial charge is 0.486 e. The summed E-state index contributed by atoms with van der Waals surface area (Å²) in [6.07, 6.45) is 1.50. The average Bonchev–Trinajstić information content (AvgIpc) is 2.48. The fraction of sp³-hybridized carbons (Fsp3) is 0.0769. The number of pyridine rings is 1. The van der Waals surface area contributed by atoms with E-state index >= 15 is 0 Å². The summed E-state index contributed by atoms with van der Waals surface area (Å²) in [6.45, 7) is 0.0106. The molecule has 0 atom stereocenters. The Morgan fingerprint density at radius 2 is 2.20 bits per heavy atom. The number of aromatic nitrogens is 1. The van der Waals surface area contributed by atoms with Crippen LogP contribution in [0.2, 0.25) is 5.02 Å². The molecule has 7 heteroatoms. The molecule has 0 unspecified atom stereocenters. The highest BCUT2D eigenvalue weighted by molar-refractivity contribution is 6.30. The zero-order valence-electron chi connectivity index (χ0n) is 10.3. The molecule has 20 heavy (non-hydrogen) atoms. The lowest BCUT2D eigenvalue weighted by atomic mass is 10.2. The first kappa shape index (κ1) is 14.1. The highest BCUT2D eigenvalue weighted by Crippen LogP contribution is 2.25. The quantitative estimate of drug-likeness (QED) is 0.393. The number of hydrogen-bond acceptors (Lipinski definition) is 4. The summed E-state index contributed by atoms with van der Waals surface area (Å²) in [6, 6.07) is 7.81. The maximum atomic E-state index is 13.7. The van der Waals surface area contributed by atoms with Gasteiger partial charge in [0.05, 0.1) is 5.02 Å². The highest BCUT2D eigenvalue weighted by Gasteiger charge is 2.11. The van der Waals surface area contributed by atoms with Gasteiger partial charge in [-0.15, -0.1) is 0 Å². The van der Waals surface area contributed by atoms with Crippen molar-refractivity contribution in [2.24, 2.45) is 10.9 Å². The summed E-state index contributed by atoms with van der Waals surface area (Å²) in [7, 11) is 0. The molecule has 0 fully saturated rings. The Morgan fingerprint density at radius 3 is 2.95 bits per heavy atom. The number of halogens is 2. The van der Waals surface area contributed by atoms with Crippen LogP contribution in [0.1, 0.15) is 11.3 Å². The van der Waals surface area contributed by atoms with Gasteiger partial charge < -0.3 is 15.7 Å². The van der Waals surface area contributed by atoms with E-state index in [1.807, 2.05) is 0 Å². The molecule has 1 aromatic carbocycles. The van der Waals surface area contributed by atoms with Crippen molar-refractivity contribution >= 4 is 17.4 Å². The number of benzene rings is 1. The first-order valence-electron chi connectivity index (χ1n) is 5.62. The predicted octanol–water partition coefficient (Wildman–Crippen LogP) is 2.55. The van der Waals surface area contributed by atoms with Crippen LogP contribution in [0.4, 0.5) is 4.39 Å². The minimum atomic E-state index is -0.636. The van der Waals surface area contributed by atoms with Crippen molar-refractivity contribution in [3.63, 3.8) is 0 Å². The van der Waals surface area contributed by atoms with E-state index in [0.29, 0.717) is 5.56 Å². The van der Waals surface area contributed by atoms with Gasteiger partial charge in [0, 0.05) is 11.8 Å². The summed E-state index contributed by atoms with van der Waals surface area (Å²) < 4.78 is 19.0. The van der Waals surface area contributed by atoms with Crippen LogP contribution < -0.4 is 10.5 Å². The van der Waals surface area contributed by atoms with Gasteiger partial charge >= 0.3 is 0 Å². The van der Waals surface area contributed by atoms with Gasteiger partial charge in [0.1, 0.15) is 12.3 Å². The predicted molar refractivity (Wildman–Crippen MR) is 72.5 cm³/mol. The standard InChI is InChI=1S/C13H11ClFN3O2/c14-9-4-1-5-10(11(9)15)20-7-8-3-2-6-17-12(8)13(16)18-19/h1-6,19H,7H2,(H2,16,18). The van der Waals surface area contributed by atoms with E-state index in [-0.39, 0.29) is 28.9 Å². The molecule has 104 valence electrons. The van der Waals surface area contributed by atoms with Crippen molar-refractivity contribution in [3.05, 3.63) is 58.6 Å². The first-order chi connectivity index (χ1) is 9.63. The summed E-state index contributed by atoms with van der Waals surface area (Å²) in [5.41, 5.74) is 6.34. The van der Waals surface area contributed by atoms with Gasteiger partial charge in [-0.3, -0.25) is 4.98 Å².